The van der Waals surface area contributed by atoms with Gasteiger partial charge < -0.3 is 9.73 Å². The third kappa shape index (κ3) is 3.33. The van der Waals surface area contributed by atoms with Crippen molar-refractivity contribution in [3.05, 3.63) is 17.6 Å². The minimum absolute atomic E-state index is 0.337. The van der Waals surface area contributed by atoms with Gasteiger partial charge in [0.05, 0.1) is 6.54 Å². The molecule has 0 bridgehead atoms. The first-order chi connectivity index (χ1) is 9.96. The monoisotopic (exact) mass is 312 g/mol. The van der Waals surface area contributed by atoms with Crippen LogP contribution in [0.25, 0.3) is 0 Å². The molecule has 1 aliphatic carbocycles. The highest BCUT2D eigenvalue weighted by molar-refractivity contribution is 7.89. The minimum atomic E-state index is -3.42. The van der Waals surface area contributed by atoms with Crippen LogP contribution in [0.15, 0.2) is 15.4 Å². The van der Waals surface area contributed by atoms with Crippen molar-refractivity contribution in [2.75, 3.05) is 13.1 Å². The first-order valence-electron chi connectivity index (χ1n) is 7.79. The maximum Gasteiger partial charge on any atom is 0.246 e. The molecule has 1 aromatic rings. The van der Waals surface area contributed by atoms with E-state index in [0.717, 1.165) is 12.8 Å². The lowest BCUT2D eigenvalue weighted by atomic mass is 10.0. The molecule has 118 valence electrons. The number of furan rings is 1. The molecule has 0 amide bonds. The van der Waals surface area contributed by atoms with Crippen LogP contribution in [0.4, 0.5) is 0 Å². The standard InChI is InChI=1S/C15H24N2O3S/c1-11-4-3-7-17(10-11)21(18,19)15-8-14(20-12(15)2)9-16-13-5-6-13/h8,11,13,16H,3-7,9-10H2,1-2H3. The highest BCUT2D eigenvalue weighted by atomic mass is 32.2. The van der Waals surface area contributed by atoms with E-state index in [4.69, 9.17) is 4.42 Å². The lowest BCUT2D eigenvalue weighted by Gasteiger charge is -2.29. The van der Waals surface area contributed by atoms with Gasteiger partial charge in [-0.15, -0.1) is 0 Å². The van der Waals surface area contributed by atoms with Crippen LogP contribution in [-0.4, -0.2) is 31.9 Å². The van der Waals surface area contributed by atoms with E-state index in [1.54, 1.807) is 17.3 Å². The number of aryl methyl sites for hydroxylation is 1. The number of rotatable bonds is 5. The molecule has 1 saturated heterocycles. The molecule has 0 radical (unpaired) electrons. The van der Waals surface area contributed by atoms with Crippen LogP contribution in [0.3, 0.4) is 0 Å². The molecule has 2 aliphatic rings. The van der Waals surface area contributed by atoms with Gasteiger partial charge in [-0.05, 0) is 38.5 Å². The lowest BCUT2D eigenvalue weighted by molar-refractivity contribution is 0.281. The van der Waals surface area contributed by atoms with Crippen LogP contribution in [0.5, 0.6) is 0 Å². The predicted octanol–water partition coefficient (Wildman–Crippen LogP) is 2.26. The summed E-state index contributed by atoms with van der Waals surface area (Å²) in [4.78, 5) is 0.337. The molecule has 6 heteroatoms. The summed E-state index contributed by atoms with van der Waals surface area (Å²) in [5, 5.41) is 3.35. The fourth-order valence-electron chi connectivity index (χ4n) is 2.90. The molecule has 3 rings (SSSR count). The average molecular weight is 312 g/mol. The van der Waals surface area contributed by atoms with Crippen molar-refractivity contribution in [1.82, 2.24) is 9.62 Å². The van der Waals surface area contributed by atoms with Crippen molar-refractivity contribution < 1.29 is 12.8 Å². The van der Waals surface area contributed by atoms with E-state index >= 15 is 0 Å². The Bertz CT molecular complexity index is 604. The summed E-state index contributed by atoms with van der Waals surface area (Å²) in [5.74, 6) is 1.64. The highest BCUT2D eigenvalue weighted by Crippen LogP contribution is 2.28. The Morgan fingerprint density at radius 2 is 2.14 bits per heavy atom. The second-order valence-corrected chi connectivity index (χ2v) is 8.31. The molecule has 1 aliphatic heterocycles. The second kappa shape index (κ2) is 5.74. The number of nitrogens with one attached hydrogen (secondary N) is 1. The molecule has 1 saturated carbocycles. The molecule has 21 heavy (non-hydrogen) atoms. The zero-order valence-electron chi connectivity index (χ0n) is 12.8. The van der Waals surface area contributed by atoms with Crippen molar-refractivity contribution in [1.29, 1.82) is 0 Å². The molecule has 1 aromatic heterocycles. The SMILES string of the molecule is Cc1oc(CNC2CC2)cc1S(=O)(=O)N1CCCC(C)C1. The maximum atomic E-state index is 12.8. The molecule has 1 unspecified atom stereocenters. The van der Waals surface area contributed by atoms with E-state index in [2.05, 4.69) is 12.2 Å². The van der Waals surface area contributed by atoms with Gasteiger partial charge in [-0.1, -0.05) is 6.92 Å². The highest BCUT2D eigenvalue weighted by Gasteiger charge is 2.32. The van der Waals surface area contributed by atoms with Gasteiger partial charge in [-0.2, -0.15) is 4.31 Å². The molecule has 0 spiro atoms. The Balaban J connectivity index is 1.77. The number of nitrogens with zero attached hydrogens (tertiary/aromatic N) is 1. The lowest BCUT2D eigenvalue weighted by Crippen LogP contribution is -2.39. The van der Waals surface area contributed by atoms with E-state index in [1.807, 2.05) is 0 Å². The number of piperidine rings is 1. The quantitative estimate of drug-likeness (QED) is 0.906. The third-order valence-corrected chi connectivity index (χ3v) is 6.28. The van der Waals surface area contributed by atoms with E-state index < -0.39 is 10.0 Å². The van der Waals surface area contributed by atoms with Crippen molar-refractivity contribution >= 4 is 10.0 Å². The van der Waals surface area contributed by atoms with Crippen LogP contribution in [0.1, 0.15) is 44.1 Å². The topological polar surface area (TPSA) is 62.6 Å². The van der Waals surface area contributed by atoms with Crippen molar-refractivity contribution in [2.24, 2.45) is 5.92 Å². The van der Waals surface area contributed by atoms with Crippen LogP contribution >= 0.6 is 0 Å². The third-order valence-electron chi connectivity index (χ3n) is 4.30. The Hall–Kier alpha value is -0.850. The molecule has 2 heterocycles. The molecule has 2 fully saturated rings. The Labute approximate surface area is 126 Å². The van der Waals surface area contributed by atoms with Crippen LogP contribution in [0, 0.1) is 12.8 Å². The molecule has 1 N–H and O–H groups in total. The van der Waals surface area contributed by atoms with Gasteiger partial charge in [0.25, 0.3) is 0 Å². The Morgan fingerprint density at radius 1 is 1.38 bits per heavy atom. The van der Waals surface area contributed by atoms with E-state index in [9.17, 15) is 8.42 Å². The second-order valence-electron chi connectivity index (χ2n) is 6.40. The summed E-state index contributed by atoms with van der Waals surface area (Å²) in [6.07, 6.45) is 4.45. The summed E-state index contributed by atoms with van der Waals surface area (Å²) in [6, 6.07) is 2.28. The average Bonchev–Trinajstić information content (AvgIpc) is 3.19. The molecule has 0 aromatic carbocycles. The molecular weight excluding hydrogens is 288 g/mol. The summed E-state index contributed by atoms with van der Waals surface area (Å²) in [7, 11) is -3.42. The zero-order chi connectivity index (χ0) is 15.0. The molecule has 1 atom stereocenters. The van der Waals surface area contributed by atoms with Crippen LogP contribution in [-0.2, 0) is 16.6 Å². The number of hydrogen-bond acceptors (Lipinski definition) is 4. The van der Waals surface area contributed by atoms with Gasteiger partial charge in [-0.25, -0.2) is 8.42 Å². The summed E-state index contributed by atoms with van der Waals surface area (Å²) in [5.41, 5.74) is 0. The van der Waals surface area contributed by atoms with Crippen molar-refractivity contribution in [3.63, 3.8) is 0 Å². The van der Waals surface area contributed by atoms with Crippen molar-refractivity contribution in [2.45, 2.75) is 57.0 Å². The zero-order valence-corrected chi connectivity index (χ0v) is 13.6. The van der Waals surface area contributed by atoms with Gasteiger partial charge in [-0.3, -0.25) is 0 Å². The Morgan fingerprint density at radius 3 is 2.81 bits per heavy atom. The van der Waals surface area contributed by atoms with E-state index in [0.29, 0.717) is 48.0 Å². The van der Waals surface area contributed by atoms with Gasteiger partial charge in [0.2, 0.25) is 10.0 Å². The van der Waals surface area contributed by atoms with E-state index in [1.165, 1.54) is 12.8 Å². The van der Waals surface area contributed by atoms with Gasteiger partial charge >= 0.3 is 0 Å². The largest absolute Gasteiger partial charge is 0.464 e. The van der Waals surface area contributed by atoms with Gasteiger partial charge in [0.1, 0.15) is 16.4 Å². The smallest absolute Gasteiger partial charge is 0.246 e. The normalized spacial score (nSPS) is 24.4. The summed E-state index contributed by atoms with van der Waals surface area (Å²) < 4.78 is 32.8. The molecular formula is C15H24N2O3S. The van der Waals surface area contributed by atoms with E-state index in [-0.39, 0.29) is 0 Å². The fourth-order valence-corrected chi connectivity index (χ4v) is 4.69. The van der Waals surface area contributed by atoms with Crippen LogP contribution < -0.4 is 5.32 Å². The van der Waals surface area contributed by atoms with Crippen LogP contribution in [0.2, 0.25) is 0 Å². The van der Waals surface area contributed by atoms with Crippen molar-refractivity contribution in [3.8, 4) is 0 Å². The number of hydrogen-bond donors (Lipinski definition) is 1. The number of sulfonamides is 1. The molecule has 5 nitrogen and oxygen atoms in total. The fraction of sp³-hybridized carbons (Fsp3) is 0.733. The summed E-state index contributed by atoms with van der Waals surface area (Å²) >= 11 is 0. The first kappa shape index (κ1) is 15.1. The Kier molecular flexibility index (Phi) is 4.12. The van der Waals surface area contributed by atoms with Gasteiger partial charge in [0.15, 0.2) is 0 Å². The van der Waals surface area contributed by atoms with Gasteiger partial charge in [0, 0.05) is 25.2 Å². The minimum Gasteiger partial charge on any atom is -0.464 e. The summed E-state index contributed by atoms with van der Waals surface area (Å²) in [6.45, 7) is 5.68. The maximum absolute atomic E-state index is 12.8. The first-order valence-corrected chi connectivity index (χ1v) is 9.23. The predicted molar refractivity (Wildman–Crippen MR) is 80.5 cm³/mol.